The molecule has 1 aromatic carbocycles. The first-order chi connectivity index (χ1) is 13.6. The summed E-state index contributed by atoms with van der Waals surface area (Å²) in [5.74, 6) is 3.80. The lowest BCUT2D eigenvalue weighted by Crippen LogP contribution is -2.55. The fourth-order valence-electron chi connectivity index (χ4n) is 6.87. The molecular formula is C24H33NO2S. The van der Waals surface area contributed by atoms with Gasteiger partial charge < -0.3 is 10.1 Å². The van der Waals surface area contributed by atoms with E-state index in [9.17, 15) is 4.79 Å². The van der Waals surface area contributed by atoms with Crippen molar-refractivity contribution < 1.29 is 9.53 Å². The lowest BCUT2D eigenvalue weighted by Gasteiger charge is -2.59. The van der Waals surface area contributed by atoms with E-state index in [1.807, 2.05) is 18.2 Å². The first-order valence-electron chi connectivity index (χ1n) is 11.3. The molecule has 1 saturated heterocycles. The Labute approximate surface area is 173 Å². The predicted octanol–water partition coefficient (Wildman–Crippen LogP) is 5.29. The normalized spacial score (nSPS) is 37.2. The van der Waals surface area contributed by atoms with E-state index in [1.165, 1.54) is 38.5 Å². The van der Waals surface area contributed by atoms with Crippen LogP contribution in [0.3, 0.4) is 0 Å². The third kappa shape index (κ3) is 3.63. The van der Waals surface area contributed by atoms with E-state index in [0.717, 1.165) is 53.4 Å². The monoisotopic (exact) mass is 399 g/mol. The smallest absolute Gasteiger partial charge is 0.252 e. The molecule has 0 spiro atoms. The van der Waals surface area contributed by atoms with Crippen LogP contribution >= 0.6 is 11.8 Å². The van der Waals surface area contributed by atoms with E-state index in [4.69, 9.17) is 4.74 Å². The average Bonchev–Trinajstić information content (AvgIpc) is 3.19. The Balaban J connectivity index is 1.26. The van der Waals surface area contributed by atoms with Gasteiger partial charge in [-0.1, -0.05) is 12.1 Å². The van der Waals surface area contributed by atoms with Crippen LogP contribution in [0.5, 0.6) is 0 Å². The van der Waals surface area contributed by atoms with E-state index in [2.05, 4.69) is 18.3 Å². The van der Waals surface area contributed by atoms with Crippen molar-refractivity contribution in [1.29, 1.82) is 0 Å². The minimum absolute atomic E-state index is 0.110. The third-order valence-corrected chi connectivity index (χ3v) is 9.14. The maximum absolute atomic E-state index is 13.2. The second kappa shape index (κ2) is 7.68. The lowest BCUT2D eigenvalue weighted by molar-refractivity contribution is -0.0688. The maximum Gasteiger partial charge on any atom is 0.252 e. The molecule has 1 N–H and O–H groups in total. The molecule has 0 aromatic heterocycles. The van der Waals surface area contributed by atoms with Crippen LogP contribution in [0.4, 0.5) is 0 Å². The summed E-state index contributed by atoms with van der Waals surface area (Å²) < 4.78 is 5.76. The average molecular weight is 400 g/mol. The Bertz CT molecular complexity index is 692. The van der Waals surface area contributed by atoms with Crippen LogP contribution in [0.2, 0.25) is 0 Å². The van der Waals surface area contributed by atoms with Crippen LogP contribution in [-0.2, 0) is 4.74 Å². The lowest BCUT2D eigenvalue weighted by atomic mass is 9.48. The van der Waals surface area contributed by atoms with E-state index in [-0.39, 0.29) is 11.9 Å². The van der Waals surface area contributed by atoms with Gasteiger partial charge in [-0.3, -0.25) is 4.79 Å². The largest absolute Gasteiger partial charge is 0.377 e. The fraction of sp³-hybridized carbons (Fsp3) is 0.708. The van der Waals surface area contributed by atoms with Crippen molar-refractivity contribution in [2.24, 2.45) is 23.2 Å². The molecule has 6 rings (SSSR count). The van der Waals surface area contributed by atoms with Gasteiger partial charge in [-0.05, 0) is 93.6 Å². The van der Waals surface area contributed by atoms with Crippen molar-refractivity contribution in [3.05, 3.63) is 29.8 Å². The standard InChI is InChI=1S/C24H33NO2S/c1-16(24-12-17-9-18(13-24)11-19(10-17)14-24)25-23(26)21-6-2-3-7-22(21)28-15-20-5-4-8-27-20/h2-3,6-7,16-20H,4-5,8-15H2,1H3,(H,25,26). The summed E-state index contributed by atoms with van der Waals surface area (Å²) in [6.45, 7) is 3.16. The molecule has 4 heteroatoms. The summed E-state index contributed by atoms with van der Waals surface area (Å²) in [6, 6.07) is 8.37. The first-order valence-corrected chi connectivity index (χ1v) is 12.2. The van der Waals surface area contributed by atoms with Crippen LogP contribution in [0.25, 0.3) is 0 Å². The van der Waals surface area contributed by atoms with Crippen LogP contribution < -0.4 is 5.32 Å². The van der Waals surface area contributed by atoms with Crippen molar-refractivity contribution in [3.63, 3.8) is 0 Å². The topological polar surface area (TPSA) is 38.3 Å². The Morgan fingerprint density at radius 2 is 1.86 bits per heavy atom. The van der Waals surface area contributed by atoms with Crippen molar-refractivity contribution in [2.75, 3.05) is 12.4 Å². The highest BCUT2D eigenvalue weighted by Crippen LogP contribution is 2.61. The minimum Gasteiger partial charge on any atom is -0.377 e. The molecule has 152 valence electrons. The number of hydrogen-bond acceptors (Lipinski definition) is 3. The summed E-state index contributed by atoms with van der Waals surface area (Å²) in [6.07, 6.45) is 11.0. The molecule has 4 bridgehead atoms. The summed E-state index contributed by atoms with van der Waals surface area (Å²) in [5, 5.41) is 3.44. The number of rotatable bonds is 6. The number of thioether (sulfide) groups is 1. The van der Waals surface area contributed by atoms with Gasteiger partial charge in [0.1, 0.15) is 0 Å². The SMILES string of the molecule is CC(NC(=O)c1ccccc1SCC1CCCO1)C12CC3CC(CC(C3)C1)C2. The second-order valence-electron chi connectivity index (χ2n) is 9.92. The molecule has 3 nitrogen and oxygen atoms in total. The van der Waals surface area contributed by atoms with Crippen molar-refractivity contribution in [3.8, 4) is 0 Å². The number of nitrogens with one attached hydrogen (secondary N) is 1. The number of ether oxygens (including phenoxy) is 1. The number of benzene rings is 1. The van der Waals surface area contributed by atoms with Gasteiger partial charge in [0.25, 0.3) is 5.91 Å². The molecule has 5 aliphatic rings. The highest BCUT2D eigenvalue weighted by Gasteiger charge is 2.53. The Morgan fingerprint density at radius 1 is 1.18 bits per heavy atom. The summed E-state index contributed by atoms with van der Waals surface area (Å²) in [4.78, 5) is 14.3. The van der Waals surface area contributed by atoms with Crippen molar-refractivity contribution in [2.45, 2.75) is 75.3 Å². The maximum atomic E-state index is 13.2. The number of carbonyl (C=O) groups is 1. The molecule has 4 saturated carbocycles. The van der Waals surface area contributed by atoms with Gasteiger partial charge in [0.15, 0.2) is 0 Å². The molecule has 0 radical (unpaired) electrons. The fourth-order valence-corrected chi connectivity index (χ4v) is 7.99. The van der Waals surface area contributed by atoms with Gasteiger partial charge in [-0.25, -0.2) is 0 Å². The van der Waals surface area contributed by atoms with Crippen LogP contribution in [0.15, 0.2) is 29.2 Å². The quantitative estimate of drug-likeness (QED) is 0.660. The van der Waals surface area contributed by atoms with E-state index >= 15 is 0 Å². The van der Waals surface area contributed by atoms with Crippen LogP contribution in [0.1, 0.15) is 68.6 Å². The molecule has 4 aliphatic carbocycles. The summed E-state index contributed by atoms with van der Waals surface area (Å²) in [7, 11) is 0. The van der Waals surface area contributed by atoms with E-state index in [0.29, 0.717) is 11.5 Å². The minimum atomic E-state index is 0.110. The third-order valence-electron chi connectivity index (χ3n) is 7.93. The highest BCUT2D eigenvalue weighted by atomic mass is 32.2. The van der Waals surface area contributed by atoms with Gasteiger partial charge >= 0.3 is 0 Å². The number of carbonyl (C=O) groups excluding carboxylic acids is 1. The Hall–Kier alpha value is -1.00. The Morgan fingerprint density at radius 3 is 2.50 bits per heavy atom. The van der Waals surface area contributed by atoms with E-state index < -0.39 is 0 Å². The zero-order valence-corrected chi connectivity index (χ0v) is 17.8. The van der Waals surface area contributed by atoms with Gasteiger partial charge in [0.05, 0.1) is 11.7 Å². The van der Waals surface area contributed by atoms with Crippen LogP contribution in [-0.4, -0.2) is 30.4 Å². The van der Waals surface area contributed by atoms with Crippen molar-refractivity contribution >= 4 is 17.7 Å². The second-order valence-corrected chi connectivity index (χ2v) is 11.0. The molecule has 1 aliphatic heterocycles. The molecule has 28 heavy (non-hydrogen) atoms. The van der Waals surface area contributed by atoms with E-state index in [1.54, 1.807) is 11.8 Å². The molecular weight excluding hydrogens is 366 g/mol. The van der Waals surface area contributed by atoms with Crippen LogP contribution in [0, 0.1) is 23.2 Å². The summed E-state index contributed by atoms with van der Waals surface area (Å²) >= 11 is 1.77. The molecule has 1 heterocycles. The number of amides is 1. The predicted molar refractivity (Wildman–Crippen MR) is 114 cm³/mol. The highest BCUT2D eigenvalue weighted by molar-refractivity contribution is 7.99. The summed E-state index contributed by atoms with van der Waals surface area (Å²) in [5.41, 5.74) is 1.19. The number of hydrogen-bond donors (Lipinski definition) is 1. The van der Waals surface area contributed by atoms with Gasteiger partial charge in [0.2, 0.25) is 0 Å². The molecule has 2 atom stereocenters. The van der Waals surface area contributed by atoms with Crippen molar-refractivity contribution in [1.82, 2.24) is 5.32 Å². The molecule has 1 aromatic rings. The molecule has 2 unspecified atom stereocenters. The zero-order valence-electron chi connectivity index (χ0n) is 17.0. The molecule has 5 fully saturated rings. The van der Waals surface area contributed by atoms with Gasteiger partial charge in [-0.2, -0.15) is 0 Å². The van der Waals surface area contributed by atoms with Gasteiger partial charge in [0, 0.05) is 23.3 Å². The Kier molecular flexibility index (Phi) is 5.21. The first kappa shape index (κ1) is 19.0. The van der Waals surface area contributed by atoms with Gasteiger partial charge in [-0.15, -0.1) is 11.8 Å². The zero-order chi connectivity index (χ0) is 19.1. The molecule has 1 amide bonds.